The van der Waals surface area contributed by atoms with Gasteiger partial charge in [0.1, 0.15) is 6.10 Å². The van der Waals surface area contributed by atoms with Gasteiger partial charge in [-0.3, -0.25) is 4.79 Å². The Hall–Kier alpha value is -0.530. The van der Waals surface area contributed by atoms with Crippen LogP contribution in [0.15, 0.2) is 0 Å². The summed E-state index contributed by atoms with van der Waals surface area (Å²) in [7, 11) is 0. The zero-order valence-electron chi connectivity index (χ0n) is 10.3. The Balaban J connectivity index is 2.16. The molecule has 0 bridgehead atoms. The topological polar surface area (TPSA) is 26.3 Å². The average molecular weight is 212 g/mol. The molecule has 0 aliphatic heterocycles. The van der Waals surface area contributed by atoms with Gasteiger partial charge in [0.05, 0.1) is 0 Å². The largest absolute Gasteiger partial charge is 0.462 e. The van der Waals surface area contributed by atoms with Crippen molar-refractivity contribution < 1.29 is 9.53 Å². The molecule has 1 aliphatic rings. The molecule has 0 spiro atoms. The third-order valence-corrected chi connectivity index (χ3v) is 2.99. The highest BCUT2D eigenvalue weighted by Gasteiger charge is 2.20. The predicted molar refractivity (Wildman–Crippen MR) is 61.6 cm³/mol. The molecule has 2 nitrogen and oxygen atoms in total. The zero-order chi connectivity index (χ0) is 11.3. The highest BCUT2D eigenvalue weighted by Crippen LogP contribution is 2.22. The Morgan fingerprint density at radius 3 is 2.40 bits per heavy atom. The monoisotopic (exact) mass is 212 g/mol. The Morgan fingerprint density at radius 1 is 1.27 bits per heavy atom. The van der Waals surface area contributed by atoms with Crippen molar-refractivity contribution in [2.24, 2.45) is 11.8 Å². The molecule has 1 unspecified atom stereocenters. The lowest BCUT2D eigenvalue weighted by atomic mass is 9.96. The van der Waals surface area contributed by atoms with Gasteiger partial charge in [-0.25, -0.2) is 0 Å². The van der Waals surface area contributed by atoms with E-state index >= 15 is 0 Å². The molecule has 1 rings (SSSR count). The molecule has 0 amide bonds. The van der Waals surface area contributed by atoms with Gasteiger partial charge >= 0.3 is 5.97 Å². The minimum Gasteiger partial charge on any atom is -0.462 e. The molecular formula is C13H24O2. The van der Waals surface area contributed by atoms with E-state index in [1.807, 2.05) is 0 Å². The van der Waals surface area contributed by atoms with Gasteiger partial charge in [-0.2, -0.15) is 0 Å². The first kappa shape index (κ1) is 12.5. The molecule has 0 aromatic heterocycles. The Bertz CT molecular complexity index is 193. The summed E-state index contributed by atoms with van der Waals surface area (Å²) in [5, 5.41) is 0. The maximum absolute atomic E-state index is 11.6. The average Bonchev–Trinajstić information content (AvgIpc) is 2.53. The summed E-state index contributed by atoms with van der Waals surface area (Å²) in [6.07, 6.45) is 6.52. The second kappa shape index (κ2) is 6.14. The van der Waals surface area contributed by atoms with E-state index in [1.165, 1.54) is 12.8 Å². The first-order chi connectivity index (χ1) is 7.08. The summed E-state index contributed by atoms with van der Waals surface area (Å²) >= 11 is 0. The molecule has 1 saturated carbocycles. The molecule has 0 N–H and O–H groups in total. The summed E-state index contributed by atoms with van der Waals surface area (Å²) in [5.74, 6) is 1.13. The smallest absolute Gasteiger partial charge is 0.306 e. The van der Waals surface area contributed by atoms with E-state index in [0.29, 0.717) is 18.3 Å². The first-order valence-electron chi connectivity index (χ1n) is 6.27. The van der Waals surface area contributed by atoms with Crippen molar-refractivity contribution in [3.8, 4) is 0 Å². The molecule has 15 heavy (non-hydrogen) atoms. The third-order valence-electron chi connectivity index (χ3n) is 2.99. The molecule has 1 fully saturated rings. The first-order valence-corrected chi connectivity index (χ1v) is 6.27. The number of hydrogen-bond acceptors (Lipinski definition) is 2. The van der Waals surface area contributed by atoms with Crippen LogP contribution in [0.5, 0.6) is 0 Å². The Kier molecular flexibility index (Phi) is 5.13. The van der Waals surface area contributed by atoms with E-state index in [9.17, 15) is 4.79 Å². The van der Waals surface area contributed by atoms with E-state index in [-0.39, 0.29) is 12.1 Å². The normalized spacial score (nSPS) is 19.5. The van der Waals surface area contributed by atoms with Gasteiger partial charge < -0.3 is 4.74 Å². The summed E-state index contributed by atoms with van der Waals surface area (Å²) in [6.45, 7) is 6.52. The summed E-state index contributed by atoms with van der Waals surface area (Å²) in [6, 6.07) is 0. The molecular weight excluding hydrogens is 188 g/mol. The maximum Gasteiger partial charge on any atom is 0.306 e. The fourth-order valence-corrected chi connectivity index (χ4v) is 2.41. The second-order valence-corrected chi connectivity index (χ2v) is 5.34. The number of rotatable bonds is 5. The summed E-state index contributed by atoms with van der Waals surface area (Å²) < 4.78 is 5.42. The van der Waals surface area contributed by atoms with Crippen LogP contribution in [0.3, 0.4) is 0 Å². The van der Waals surface area contributed by atoms with Crippen molar-refractivity contribution in [2.45, 2.75) is 65.4 Å². The van der Waals surface area contributed by atoms with Crippen LogP contribution >= 0.6 is 0 Å². The van der Waals surface area contributed by atoms with E-state index in [1.54, 1.807) is 0 Å². The van der Waals surface area contributed by atoms with Crippen LogP contribution in [0.25, 0.3) is 0 Å². The zero-order valence-corrected chi connectivity index (χ0v) is 10.3. The lowest BCUT2D eigenvalue weighted by Gasteiger charge is -2.15. The summed E-state index contributed by atoms with van der Waals surface area (Å²) in [4.78, 5) is 11.6. The van der Waals surface area contributed by atoms with E-state index in [0.717, 1.165) is 19.3 Å². The van der Waals surface area contributed by atoms with Crippen molar-refractivity contribution in [1.29, 1.82) is 0 Å². The van der Waals surface area contributed by atoms with Crippen molar-refractivity contribution in [1.82, 2.24) is 0 Å². The van der Waals surface area contributed by atoms with Crippen LogP contribution < -0.4 is 0 Å². The molecule has 0 saturated heterocycles. The summed E-state index contributed by atoms with van der Waals surface area (Å²) in [5.41, 5.74) is 0. The van der Waals surface area contributed by atoms with Crippen molar-refractivity contribution >= 4 is 5.97 Å². The van der Waals surface area contributed by atoms with Crippen LogP contribution in [0.1, 0.15) is 59.3 Å². The number of hydrogen-bond donors (Lipinski definition) is 0. The van der Waals surface area contributed by atoms with E-state index in [4.69, 9.17) is 4.74 Å². The van der Waals surface area contributed by atoms with E-state index < -0.39 is 0 Å². The molecule has 1 aliphatic carbocycles. The minimum atomic E-state index is 0.00931. The fourth-order valence-electron chi connectivity index (χ4n) is 2.41. The molecule has 88 valence electrons. The third kappa shape index (κ3) is 5.19. The van der Waals surface area contributed by atoms with Gasteiger partial charge in [-0.05, 0) is 43.9 Å². The fraction of sp³-hybridized carbons (Fsp3) is 0.923. The van der Waals surface area contributed by atoms with Crippen LogP contribution in [-0.4, -0.2) is 12.1 Å². The number of ether oxygens (including phenoxy) is 1. The van der Waals surface area contributed by atoms with Gasteiger partial charge in [0, 0.05) is 6.42 Å². The molecule has 0 heterocycles. The lowest BCUT2D eigenvalue weighted by Crippen LogP contribution is -2.17. The van der Waals surface area contributed by atoms with Gasteiger partial charge in [-0.1, -0.05) is 20.8 Å². The quantitative estimate of drug-likeness (QED) is 0.651. The van der Waals surface area contributed by atoms with Crippen LogP contribution in [0, 0.1) is 11.8 Å². The van der Waals surface area contributed by atoms with Crippen LogP contribution in [-0.2, 0) is 9.53 Å². The van der Waals surface area contributed by atoms with Crippen molar-refractivity contribution in [2.75, 3.05) is 0 Å². The van der Waals surface area contributed by atoms with Gasteiger partial charge in [0.2, 0.25) is 0 Å². The molecule has 0 aromatic carbocycles. The van der Waals surface area contributed by atoms with Crippen molar-refractivity contribution in [3.05, 3.63) is 0 Å². The van der Waals surface area contributed by atoms with Gasteiger partial charge in [-0.15, -0.1) is 0 Å². The lowest BCUT2D eigenvalue weighted by molar-refractivity contribution is -0.149. The molecule has 0 aromatic rings. The molecule has 2 heteroatoms. The van der Waals surface area contributed by atoms with Gasteiger partial charge in [0.25, 0.3) is 0 Å². The number of carbonyl (C=O) groups is 1. The van der Waals surface area contributed by atoms with Crippen molar-refractivity contribution in [3.63, 3.8) is 0 Å². The maximum atomic E-state index is 11.6. The highest BCUT2D eigenvalue weighted by molar-refractivity contribution is 5.69. The Morgan fingerprint density at radius 2 is 1.87 bits per heavy atom. The highest BCUT2D eigenvalue weighted by atomic mass is 16.5. The molecule has 0 radical (unpaired) electrons. The standard InChI is InChI=1S/C13H24O2/c1-10(2)8-11(3)9-13(14)15-12-6-4-5-7-12/h10-12H,4-9H2,1-3H3. The SMILES string of the molecule is CC(C)CC(C)CC(=O)OC1CCCC1. The van der Waals surface area contributed by atoms with E-state index in [2.05, 4.69) is 20.8 Å². The van der Waals surface area contributed by atoms with Crippen LogP contribution in [0.4, 0.5) is 0 Å². The molecule has 1 atom stereocenters. The van der Waals surface area contributed by atoms with Crippen LogP contribution in [0.2, 0.25) is 0 Å². The second-order valence-electron chi connectivity index (χ2n) is 5.34. The number of esters is 1. The van der Waals surface area contributed by atoms with Gasteiger partial charge in [0.15, 0.2) is 0 Å². The minimum absolute atomic E-state index is 0.00931. The Labute approximate surface area is 93.4 Å². The number of carbonyl (C=O) groups excluding carboxylic acids is 1. The predicted octanol–water partition coefficient (Wildman–Crippen LogP) is 3.54.